The maximum atomic E-state index is 13.5. The van der Waals surface area contributed by atoms with E-state index in [1.54, 1.807) is 6.08 Å². The van der Waals surface area contributed by atoms with Gasteiger partial charge in [0.1, 0.15) is 19.3 Å². The summed E-state index contributed by atoms with van der Waals surface area (Å²) in [6, 6.07) is -0.938. The van der Waals surface area contributed by atoms with Gasteiger partial charge in [-0.15, -0.1) is 0 Å². The number of ether oxygens (including phenoxy) is 1. The number of phosphoric acid groups is 1. The number of amides is 1. The molecular formula is C62H105N2O7P. The van der Waals surface area contributed by atoms with E-state index in [9.17, 15) is 19.0 Å². The molecule has 0 aromatic rings. The van der Waals surface area contributed by atoms with Gasteiger partial charge in [-0.1, -0.05) is 213 Å². The van der Waals surface area contributed by atoms with Gasteiger partial charge in [-0.2, -0.15) is 0 Å². The molecular weight excluding hydrogens is 916 g/mol. The fraction of sp³-hybridized carbons (Fsp3) is 0.645. The minimum atomic E-state index is -4.72. The van der Waals surface area contributed by atoms with Crippen molar-refractivity contribution in [2.45, 2.75) is 219 Å². The van der Waals surface area contributed by atoms with Gasteiger partial charge >= 0.3 is 5.97 Å². The van der Waals surface area contributed by atoms with Crippen molar-refractivity contribution in [2.24, 2.45) is 0 Å². The Labute approximate surface area is 442 Å². The molecule has 10 heteroatoms. The summed E-state index contributed by atoms with van der Waals surface area (Å²) in [5.41, 5.74) is 0. The molecule has 410 valence electrons. The van der Waals surface area contributed by atoms with Crippen molar-refractivity contribution in [3.63, 3.8) is 0 Å². The predicted octanol–water partition coefficient (Wildman–Crippen LogP) is 16.5. The lowest BCUT2D eigenvalue weighted by atomic mass is 10.0. The average Bonchev–Trinajstić information content (AvgIpc) is 3.34. The summed E-state index contributed by atoms with van der Waals surface area (Å²) in [5.74, 6) is -0.676. The first-order chi connectivity index (χ1) is 34.9. The molecule has 0 aliphatic carbocycles. The predicted molar refractivity (Wildman–Crippen MR) is 307 cm³/mol. The highest BCUT2D eigenvalue weighted by atomic mass is 31.2. The number of quaternary nitrogens is 1. The average molecular weight is 1020 g/mol. The Morgan fingerprint density at radius 2 is 0.903 bits per heavy atom. The van der Waals surface area contributed by atoms with Crippen LogP contribution in [0.25, 0.3) is 0 Å². The number of carbonyl (C=O) groups excluding carboxylic acids is 2. The smallest absolute Gasteiger partial charge is 0.306 e. The van der Waals surface area contributed by atoms with Crippen molar-refractivity contribution in [1.82, 2.24) is 5.32 Å². The number of unbranched alkanes of at least 4 members (excludes halogenated alkanes) is 15. The lowest BCUT2D eigenvalue weighted by Crippen LogP contribution is -2.47. The third-order valence-electron chi connectivity index (χ3n) is 11.7. The molecule has 0 aromatic heterocycles. The highest BCUT2D eigenvalue weighted by Crippen LogP contribution is 2.38. The van der Waals surface area contributed by atoms with Gasteiger partial charge in [-0.3, -0.25) is 14.2 Å². The summed E-state index contributed by atoms with van der Waals surface area (Å²) in [6.45, 7) is 6.52. The highest BCUT2D eigenvalue weighted by molar-refractivity contribution is 7.45. The number of nitrogens with one attached hydrogen (secondary N) is 1. The molecule has 72 heavy (non-hydrogen) atoms. The summed E-state index contributed by atoms with van der Waals surface area (Å²) in [6.07, 6.45) is 70.4. The zero-order valence-corrected chi connectivity index (χ0v) is 47.5. The lowest BCUT2D eigenvalue weighted by Gasteiger charge is -2.30. The van der Waals surface area contributed by atoms with E-state index >= 15 is 0 Å². The molecule has 1 N–H and O–H groups in total. The van der Waals surface area contributed by atoms with Crippen LogP contribution in [0.2, 0.25) is 0 Å². The fourth-order valence-corrected chi connectivity index (χ4v) is 8.05. The highest BCUT2D eigenvalue weighted by Gasteiger charge is 2.27. The number of esters is 1. The Bertz CT molecular complexity index is 1650. The van der Waals surface area contributed by atoms with Gasteiger partial charge in [-0.05, 0) is 102 Å². The normalized spacial score (nSPS) is 14.7. The van der Waals surface area contributed by atoms with Crippen LogP contribution >= 0.6 is 7.82 Å². The number of phosphoric ester groups is 1. The summed E-state index contributed by atoms with van der Waals surface area (Å²) >= 11 is 0. The van der Waals surface area contributed by atoms with Gasteiger partial charge < -0.3 is 28.5 Å². The second-order valence-electron chi connectivity index (χ2n) is 19.7. The third kappa shape index (κ3) is 51.3. The lowest BCUT2D eigenvalue weighted by molar-refractivity contribution is -0.870. The van der Waals surface area contributed by atoms with Crippen LogP contribution in [0.3, 0.4) is 0 Å². The van der Waals surface area contributed by atoms with E-state index in [-0.39, 0.29) is 25.4 Å². The zero-order chi connectivity index (χ0) is 52.9. The first-order valence-electron chi connectivity index (χ1n) is 28.3. The van der Waals surface area contributed by atoms with Gasteiger partial charge in [0, 0.05) is 12.8 Å². The molecule has 0 radical (unpaired) electrons. The standard InChI is InChI=1S/C62H105N2O7P/c1-7-10-13-16-19-22-25-28-30-31-32-33-34-37-40-43-46-49-52-55-62(66)71-60(53-50-47-44-41-38-35-27-24-21-18-15-12-9-3)59(58-70-72(67,68)69-57-56-64(4,5)6)63-61(65)54-51-48-45-42-39-36-29-26-23-20-17-14-11-8-2/h10-11,13-14,19-20,22-23,28-30,32-33,36-37,40,46,49-50,53,59-60H,7-9,12,15-18,21,24-27,31,34-35,38-39,41-45,47-48,51-52,54-58H2,1-6H3,(H-,63,65,67,68)/b13-10-,14-11+,22-19-,23-20+,30-28-,33-32-,36-29+,40-37-,49-46-,53-50+. The van der Waals surface area contributed by atoms with Crippen LogP contribution in [-0.4, -0.2) is 69.4 Å². The molecule has 0 bridgehead atoms. The summed E-state index contributed by atoms with van der Waals surface area (Å²) in [4.78, 5) is 39.8. The minimum Gasteiger partial charge on any atom is -0.756 e. The van der Waals surface area contributed by atoms with Crippen LogP contribution in [0.5, 0.6) is 0 Å². The second kappa shape index (κ2) is 50.9. The SMILES string of the molecule is CC/C=C\C/C=C\C/C=C\C/C=C\C/C=C\C/C=C\CCC(=O)OC(/C=C/CCCCCCCCCCCCC)C(COP(=O)([O-])OCC[N+](C)(C)C)NC(=O)CCCCCC/C=C/C/C=C/C/C=C/CC. The maximum Gasteiger partial charge on any atom is 0.306 e. The molecule has 1 amide bonds. The van der Waals surface area contributed by atoms with E-state index in [2.05, 4.69) is 123 Å². The second-order valence-corrected chi connectivity index (χ2v) is 21.1. The fourth-order valence-electron chi connectivity index (χ4n) is 7.32. The van der Waals surface area contributed by atoms with E-state index < -0.39 is 32.5 Å². The van der Waals surface area contributed by atoms with E-state index in [1.807, 2.05) is 39.4 Å². The van der Waals surface area contributed by atoms with Gasteiger partial charge in [0.15, 0.2) is 0 Å². The molecule has 0 heterocycles. The number of hydrogen-bond donors (Lipinski definition) is 1. The molecule has 3 unspecified atom stereocenters. The molecule has 0 saturated carbocycles. The summed E-state index contributed by atoms with van der Waals surface area (Å²) in [5, 5.41) is 2.98. The van der Waals surface area contributed by atoms with Crippen molar-refractivity contribution in [2.75, 3.05) is 40.9 Å². The number of allylic oxidation sites excluding steroid dienone is 19. The summed E-state index contributed by atoms with van der Waals surface area (Å²) < 4.78 is 30.1. The summed E-state index contributed by atoms with van der Waals surface area (Å²) in [7, 11) is 1.11. The van der Waals surface area contributed by atoms with Crippen LogP contribution < -0.4 is 10.2 Å². The van der Waals surface area contributed by atoms with Crippen LogP contribution in [-0.2, 0) is 27.9 Å². The molecule has 3 atom stereocenters. The quantitative estimate of drug-likeness (QED) is 0.0212. The number of carbonyl (C=O) groups is 2. The Balaban J connectivity index is 5.54. The minimum absolute atomic E-state index is 0.0447. The number of hydrogen-bond acceptors (Lipinski definition) is 7. The molecule has 0 rings (SSSR count). The Kier molecular flexibility index (Phi) is 48.4. The molecule has 9 nitrogen and oxygen atoms in total. The Morgan fingerprint density at radius 3 is 1.36 bits per heavy atom. The van der Waals surface area contributed by atoms with Crippen molar-refractivity contribution >= 4 is 19.7 Å². The van der Waals surface area contributed by atoms with Gasteiger partial charge in [0.05, 0.1) is 33.8 Å². The van der Waals surface area contributed by atoms with Crippen molar-refractivity contribution in [3.05, 3.63) is 122 Å². The zero-order valence-electron chi connectivity index (χ0n) is 46.6. The molecule has 0 saturated heterocycles. The molecule has 0 aromatic carbocycles. The largest absolute Gasteiger partial charge is 0.756 e. The monoisotopic (exact) mass is 1020 g/mol. The molecule has 0 aliphatic rings. The molecule has 0 aliphatic heterocycles. The molecule has 0 fully saturated rings. The van der Waals surface area contributed by atoms with E-state index in [0.717, 1.165) is 103 Å². The van der Waals surface area contributed by atoms with Crippen LogP contribution in [0.15, 0.2) is 122 Å². The number of likely N-dealkylation sites (N-methyl/N-ethyl adjacent to an activating group) is 1. The van der Waals surface area contributed by atoms with E-state index in [4.69, 9.17) is 13.8 Å². The first-order valence-corrected chi connectivity index (χ1v) is 29.8. The third-order valence-corrected chi connectivity index (χ3v) is 12.6. The van der Waals surface area contributed by atoms with Crippen LogP contribution in [0.4, 0.5) is 0 Å². The first kappa shape index (κ1) is 68.4. The van der Waals surface area contributed by atoms with Gasteiger partial charge in [-0.25, -0.2) is 0 Å². The topological polar surface area (TPSA) is 114 Å². The van der Waals surface area contributed by atoms with Gasteiger partial charge in [0.25, 0.3) is 7.82 Å². The Morgan fingerprint density at radius 1 is 0.500 bits per heavy atom. The Hall–Kier alpha value is -3.59. The van der Waals surface area contributed by atoms with Crippen LogP contribution in [0, 0.1) is 0 Å². The van der Waals surface area contributed by atoms with Crippen molar-refractivity contribution in [1.29, 1.82) is 0 Å². The van der Waals surface area contributed by atoms with Crippen LogP contribution in [0.1, 0.15) is 207 Å². The van der Waals surface area contributed by atoms with Crippen molar-refractivity contribution in [3.8, 4) is 0 Å². The number of rotatable bonds is 49. The van der Waals surface area contributed by atoms with E-state index in [1.165, 1.54) is 57.8 Å². The maximum absolute atomic E-state index is 13.5. The van der Waals surface area contributed by atoms with Crippen molar-refractivity contribution < 1.29 is 37.3 Å². The molecule has 0 spiro atoms. The van der Waals surface area contributed by atoms with Gasteiger partial charge in [0.2, 0.25) is 5.91 Å². The van der Waals surface area contributed by atoms with E-state index in [0.29, 0.717) is 23.9 Å². The number of nitrogens with zero attached hydrogens (tertiary/aromatic N) is 1.